The lowest BCUT2D eigenvalue weighted by molar-refractivity contribution is 0.0911. The van der Waals surface area contributed by atoms with E-state index >= 15 is 0 Å². The van der Waals surface area contributed by atoms with Crippen LogP contribution in [0.15, 0.2) is 22.7 Å². The molecule has 1 aromatic rings. The Balaban J connectivity index is 2.02. The molecule has 1 atom stereocenters. The highest BCUT2D eigenvalue weighted by Crippen LogP contribution is 2.28. The van der Waals surface area contributed by atoms with Gasteiger partial charge in [-0.2, -0.15) is 0 Å². The van der Waals surface area contributed by atoms with Gasteiger partial charge in [0.2, 0.25) is 0 Å². The highest BCUT2D eigenvalue weighted by molar-refractivity contribution is 9.10. The first-order valence-electron chi connectivity index (χ1n) is 7.37. The highest BCUT2D eigenvalue weighted by Gasteiger charge is 2.24. The van der Waals surface area contributed by atoms with Crippen LogP contribution in [-0.4, -0.2) is 11.9 Å². The van der Waals surface area contributed by atoms with Crippen molar-refractivity contribution in [2.45, 2.75) is 51.5 Å². The van der Waals surface area contributed by atoms with Crippen LogP contribution in [-0.2, 0) is 0 Å². The third-order valence-electron chi connectivity index (χ3n) is 4.16. The van der Waals surface area contributed by atoms with Crippen LogP contribution in [0, 0.1) is 5.92 Å². The van der Waals surface area contributed by atoms with Crippen LogP contribution in [0.25, 0.3) is 0 Å². The first kappa shape index (κ1) is 15.8. The second-order valence-corrected chi connectivity index (χ2v) is 6.78. The lowest BCUT2D eigenvalue weighted by Gasteiger charge is -2.30. The predicted octanol–water partition coefficient (Wildman–Crippen LogP) is 5.19. The van der Waals surface area contributed by atoms with Gasteiger partial charge in [0.05, 0.1) is 5.02 Å². The lowest BCUT2D eigenvalue weighted by Crippen LogP contribution is -2.40. The molecule has 1 aliphatic rings. The van der Waals surface area contributed by atoms with Gasteiger partial charge in [0.15, 0.2) is 0 Å². The molecule has 1 aliphatic carbocycles. The fourth-order valence-electron chi connectivity index (χ4n) is 2.98. The number of hydrogen-bond acceptors (Lipinski definition) is 1. The molecule has 1 saturated carbocycles. The van der Waals surface area contributed by atoms with E-state index in [1.54, 1.807) is 12.1 Å². The van der Waals surface area contributed by atoms with Crippen LogP contribution < -0.4 is 5.32 Å². The van der Waals surface area contributed by atoms with E-state index in [0.717, 1.165) is 10.9 Å². The number of benzene rings is 1. The number of nitrogens with one attached hydrogen (secondary N) is 1. The van der Waals surface area contributed by atoms with Gasteiger partial charge in [0.25, 0.3) is 5.91 Å². The summed E-state index contributed by atoms with van der Waals surface area (Å²) < 4.78 is 0.815. The van der Waals surface area contributed by atoms with E-state index in [4.69, 9.17) is 11.6 Å². The fourth-order valence-corrected chi connectivity index (χ4v) is 3.41. The van der Waals surface area contributed by atoms with E-state index in [1.807, 2.05) is 6.07 Å². The van der Waals surface area contributed by atoms with E-state index < -0.39 is 0 Å². The summed E-state index contributed by atoms with van der Waals surface area (Å²) in [5.41, 5.74) is 0.632. The van der Waals surface area contributed by atoms with Gasteiger partial charge in [-0.05, 0) is 59.3 Å². The first-order valence-corrected chi connectivity index (χ1v) is 8.54. The van der Waals surface area contributed by atoms with E-state index in [0.29, 0.717) is 16.5 Å². The molecule has 0 radical (unpaired) electrons. The zero-order valence-corrected chi connectivity index (χ0v) is 14.1. The summed E-state index contributed by atoms with van der Waals surface area (Å²) in [7, 11) is 0. The van der Waals surface area contributed by atoms with Gasteiger partial charge < -0.3 is 5.32 Å². The van der Waals surface area contributed by atoms with Crippen LogP contribution in [0.5, 0.6) is 0 Å². The van der Waals surface area contributed by atoms with E-state index in [2.05, 4.69) is 28.2 Å². The van der Waals surface area contributed by atoms with Crippen molar-refractivity contribution in [1.82, 2.24) is 5.32 Å². The summed E-state index contributed by atoms with van der Waals surface area (Å²) in [5.74, 6) is 0.612. The molecule has 1 fully saturated rings. The van der Waals surface area contributed by atoms with Gasteiger partial charge >= 0.3 is 0 Å². The second-order valence-electron chi connectivity index (χ2n) is 5.52. The largest absolute Gasteiger partial charge is 0.349 e. The first-order chi connectivity index (χ1) is 9.61. The van der Waals surface area contributed by atoms with Crippen molar-refractivity contribution < 1.29 is 4.79 Å². The SMILES string of the molecule is CCC(NC(=O)c1ccc(Br)c(Cl)c1)C1CCCCC1. The lowest BCUT2D eigenvalue weighted by atomic mass is 9.83. The van der Waals surface area contributed by atoms with Crippen LogP contribution in [0.3, 0.4) is 0 Å². The summed E-state index contributed by atoms with van der Waals surface area (Å²) in [5, 5.41) is 3.76. The van der Waals surface area contributed by atoms with Crippen molar-refractivity contribution in [2.75, 3.05) is 0 Å². The van der Waals surface area contributed by atoms with E-state index in [-0.39, 0.29) is 11.9 Å². The van der Waals surface area contributed by atoms with E-state index in [1.165, 1.54) is 32.1 Å². The van der Waals surface area contributed by atoms with Gasteiger partial charge in [0.1, 0.15) is 0 Å². The molecule has 2 nitrogen and oxygen atoms in total. The zero-order valence-electron chi connectivity index (χ0n) is 11.8. The third kappa shape index (κ3) is 3.98. The van der Waals surface area contributed by atoms with Gasteiger partial charge in [-0.3, -0.25) is 4.79 Å². The summed E-state index contributed by atoms with van der Waals surface area (Å²) in [6, 6.07) is 5.62. The molecule has 20 heavy (non-hydrogen) atoms. The molecular formula is C16H21BrClNO. The molecule has 1 N–H and O–H groups in total. The number of halogens is 2. The second kappa shape index (κ2) is 7.46. The zero-order chi connectivity index (χ0) is 14.5. The molecular weight excluding hydrogens is 338 g/mol. The minimum Gasteiger partial charge on any atom is -0.349 e. The Bertz CT molecular complexity index is 472. The Morgan fingerprint density at radius 3 is 2.70 bits per heavy atom. The minimum atomic E-state index is -0.0168. The molecule has 2 rings (SSSR count). The monoisotopic (exact) mass is 357 g/mol. The minimum absolute atomic E-state index is 0.0168. The molecule has 0 spiro atoms. The van der Waals surface area contributed by atoms with Crippen LogP contribution in [0.2, 0.25) is 5.02 Å². The molecule has 110 valence electrons. The van der Waals surface area contributed by atoms with Gasteiger partial charge in [-0.25, -0.2) is 0 Å². The summed E-state index contributed by atoms with van der Waals surface area (Å²) in [6.45, 7) is 2.15. The normalized spacial score (nSPS) is 17.8. The van der Waals surface area contributed by atoms with Gasteiger partial charge in [0, 0.05) is 16.1 Å². The average molecular weight is 359 g/mol. The molecule has 0 saturated heterocycles. The van der Waals surface area contributed by atoms with Crippen molar-refractivity contribution in [3.8, 4) is 0 Å². The van der Waals surface area contributed by atoms with Crippen LogP contribution in [0.4, 0.5) is 0 Å². The number of hydrogen-bond donors (Lipinski definition) is 1. The van der Waals surface area contributed by atoms with Crippen LogP contribution in [0.1, 0.15) is 55.8 Å². The predicted molar refractivity (Wildman–Crippen MR) is 87.3 cm³/mol. The maximum absolute atomic E-state index is 12.3. The highest BCUT2D eigenvalue weighted by atomic mass is 79.9. The van der Waals surface area contributed by atoms with Crippen molar-refractivity contribution in [2.24, 2.45) is 5.92 Å². The van der Waals surface area contributed by atoms with Crippen LogP contribution >= 0.6 is 27.5 Å². The topological polar surface area (TPSA) is 29.1 Å². The Labute approximate surface area is 134 Å². The summed E-state index contributed by atoms with van der Waals surface area (Å²) >= 11 is 9.39. The molecule has 1 unspecified atom stereocenters. The molecule has 1 aromatic carbocycles. The smallest absolute Gasteiger partial charge is 0.251 e. The fraction of sp³-hybridized carbons (Fsp3) is 0.562. The Morgan fingerprint density at radius 2 is 2.10 bits per heavy atom. The number of amides is 1. The maximum Gasteiger partial charge on any atom is 0.251 e. The van der Waals surface area contributed by atoms with Crippen molar-refractivity contribution in [3.05, 3.63) is 33.3 Å². The quantitative estimate of drug-likeness (QED) is 0.788. The summed E-state index contributed by atoms with van der Waals surface area (Å²) in [4.78, 5) is 12.3. The molecule has 0 aromatic heterocycles. The number of carbonyl (C=O) groups excluding carboxylic acids is 1. The molecule has 0 aliphatic heterocycles. The molecule has 0 bridgehead atoms. The molecule has 0 heterocycles. The molecule has 4 heteroatoms. The maximum atomic E-state index is 12.3. The van der Waals surface area contributed by atoms with Crippen molar-refractivity contribution in [1.29, 1.82) is 0 Å². The van der Waals surface area contributed by atoms with Crippen molar-refractivity contribution >= 4 is 33.4 Å². The number of carbonyl (C=O) groups is 1. The summed E-state index contributed by atoms with van der Waals surface area (Å²) in [6.07, 6.45) is 7.38. The third-order valence-corrected chi connectivity index (χ3v) is 5.39. The Kier molecular flexibility index (Phi) is 5.91. The standard InChI is InChI=1S/C16H21BrClNO/c1-2-15(11-6-4-3-5-7-11)19-16(20)12-8-9-13(17)14(18)10-12/h8-11,15H,2-7H2,1H3,(H,19,20). The van der Waals surface area contributed by atoms with Crippen molar-refractivity contribution in [3.63, 3.8) is 0 Å². The van der Waals surface area contributed by atoms with E-state index in [9.17, 15) is 4.79 Å². The van der Waals surface area contributed by atoms with Gasteiger partial charge in [-0.15, -0.1) is 0 Å². The number of rotatable bonds is 4. The Morgan fingerprint density at radius 1 is 1.40 bits per heavy atom. The average Bonchev–Trinajstić information content (AvgIpc) is 2.48. The molecule has 1 amide bonds. The Hall–Kier alpha value is -0.540. The van der Waals surface area contributed by atoms with Gasteiger partial charge in [-0.1, -0.05) is 37.8 Å².